The molecule has 4 fully saturated rings. The predicted molar refractivity (Wildman–Crippen MR) is 116 cm³/mol. The van der Waals surface area contributed by atoms with Gasteiger partial charge in [0.1, 0.15) is 5.69 Å². The van der Waals surface area contributed by atoms with Crippen LogP contribution in [0.2, 0.25) is 0 Å². The zero-order valence-electron chi connectivity index (χ0n) is 18.3. The Hall–Kier alpha value is -1.91. The van der Waals surface area contributed by atoms with Gasteiger partial charge in [-0.2, -0.15) is 0 Å². The molecule has 4 aliphatic carbocycles. The molecule has 1 heterocycles. The summed E-state index contributed by atoms with van der Waals surface area (Å²) in [5.74, 6) is 4.31. The van der Waals surface area contributed by atoms with Crippen LogP contribution in [-0.2, 0) is 0 Å². The minimum Gasteiger partial charge on any atom is -0.349 e. The quantitative estimate of drug-likeness (QED) is 0.740. The molecule has 30 heavy (non-hydrogen) atoms. The van der Waals surface area contributed by atoms with E-state index >= 15 is 0 Å². The number of nitrogens with one attached hydrogen (secondary N) is 2. The Morgan fingerprint density at radius 1 is 0.833 bits per heavy atom. The molecule has 4 bridgehead atoms. The molecule has 5 heteroatoms. The summed E-state index contributed by atoms with van der Waals surface area (Å²) < 4.78 is 0. The minimum absolute atomic E-state index is 0.0833. The fourth-order valence-electron chi connectivity index (χ4n) is 7.26. The smallest absolute Gasteiger partial charge is 0.270 e. The Morgan fingerprint density at radius 2 is 1.40 bits per heavy atom. The van der Waals surface area contributed by atoms with E-state index in [-0.39, 0.29) is 23.9 Å². The Bertz CT molecular complexity index is 740. The van der Waals surface area contributed by atoms with Crippen LogP contribution in [0, 0.1) is 35.5 Å². The molecule has 0 aromatic carbocycles. The van der Waals surface area contributed by atoms with E-state index in [9.17, 15) is 9.59 Å². The highest BCUT2D eigenvalue weighted by atomic mass is 16.2. The Morgan fingerprint density at radius 3 is 1.83 bits per heavy atom. The Kier molecular flexibility index (Phi) is 5.32. The SMILES string of the molecule is C[C@H](NC(=O)c1ccc(C(=O)N[C@@H](C)[C@@H]2C[C@@H]3CC[C@@H]2C3)nc1)[C@@H]1C[C@@H]2CC[C@@H]1C2. The van der Waals surface area contributed by atoms with Crippen LogP contribution in [0.5, 0.6) is 0 Å². The summed E-state index contributed by atoms with van der Waals surface area (Å²) in [6.07, 6.45) is 12.1. The summed E-state index contributed by atoms with van der Waals surface area (Å²) in [6.45, 7) is 4.26. The van der Waals surface area contributed by atoms with Crippen molar-refractivity contribution >= 4 is 11.8 Å². The molecular weight excluding hydrogens is 374 g/mol. The maximum Gasteiger partial charge on any atom is 0.270 e. The van der Waals surface area contributed by atoms with Crippen molar-refractivity contribution in [3.63, 3.8) is 0 Å². The van der Waals surface area contributed by atoms with Gasteiger partial charge in [0, 0.05) is 18.3 Å². The molecule has 5 nitrogen and oxygen atoms in total. The summed E-state index contributed by atoms with van der Waals surface area (Å²) >= 11 is 0. The molecule has 0 saturated heterocycles. The fourth-order valence-corrected chi connectivity index (χ4v) is 7.26. The summed E-state index contributed by atoms with van der Waals surface area (Å²) in [5, 5.41) is 6.33. The van der Waals surface area contributed by atoms with Crippen molar-refractivity contribution in [1.29, 1.82) is 0 Å². The number of carbonyl (C=O) groups is 2. The molecule has 0 aliphatic heterocycles. The van der Waals surface area contributed by atoms with Crippen molar-refractivity contribution < 1.29 is 9.59 Å². The second kappa shape index (κ2) is 7.97. The van der Waals surface area contributed by atoms with Gasteiger partial charge < -0.3 is 10.6 Å². The van der Waals surface area contributed by atoms with Gasteiger partial charge in [-0.05, 0) is 100 Å². The molecule has 5 rings (SSSR count). The van der Waals surface area contributed by atoms with Crippen LogP contribution in [-0.4, -0.2) is 28.9 Å². The van der Waals surface area contributed by atoms with Crippen LogP contribution in [0.1, 0.15) is 86.1 Å². The first-order chi connectivity index (χ1) is 14.5. The molecule has 162 valence electrons. The summed E-state index contributed by atoms with van der Waals surface area (Å²) in [6, 6.07) is 3.78. The zero-order valence-corrected chi connectivity index (χ0v) is 18.3. The van der Waals surface area contributed by atoms with Crippen LogP contribution in [0.25, 0.3) is 0 Å². The molecule has 8 atom stereocenters. The van der Waals surface area contributed by atoms with E-state index in [2.05, 4.69) is 29.5 Å². The number of amides is 2. The van der Waals surface area contributed by atoms with E-state index in [4.69, 9.17) is 0 Å². The van der Waals surface area contributed by atoms with Crippen molar-refractivity contribution in [1.82, 2.24) is 15.6 Å². The first-order valence-electron chi connectivity index (χ1n) is 12.1. The lowest BCUT2D eigenvalue weighted by molar-refractivity contribution is 0.0898. The lowest BCUT2D eigenvalue weighted by atomic mass is 9.84. The maximum atomic E-state index is 12.7. The number of aromatic nitrogens is 1. The molecule has 0 spiro atoms. The van der Waals surface area contributed by atoms with Crippen LogP contribution >= 0.6 is 0 Å². The number of pyridine rings is 1. The van der Waals surface area contributed by atoms with Gasteiger partial charge in [0.15, 0.2) is 0 Å². The number of hydrogen-bond donors (Lipinski definition) is 2. The van der Waals surface area contributed by atoms with Gasteiger partial charge in [0.25, 0.3) is 11.8 Å². The molecule has 1 aromatic rings. The number of fused-ring (bicyclic) bond motifs is 4. The van der Waals surface area contributed by atoms with Crippen LogP contribution in [0.15, 0.2) is 18.3 Å². The number of hydrogen-bond acceptors (Lipinski definition) is 3. The topological polar surface area (TPSA) is 71.1 Å². The van der Waals surface area contributed by atoms with E-state index in [1.165, 1.54) is 51.4 Å². The van der Waals surface area contributed by atoms with Crippen molar-refractivity contribution in [3.8, 4) is 0 Å². The van der Waals surface area contributed by atoms with Gasteiger partial charge in [-0.25, -0.2) is 0 Å². The Balaban J connectivity index is 1.15. The molecular formula is C25H35N3O2. The molecule has 0 unspecified atom stereocenters. The summed E-state index contributed by atoms with van der Waals surface area (Å²) in [5.41, 5.74) is 0.922. The maximum absolute atomic E-state index is 12.7. The number of rotatable bonds is 6. The highest BCUT2D eigenvalue weighted by Crippen LogP contribution is 2.50. The molecule has 2 amide bonds. The zero-order chi connectivity index (χ0) is 20.8. The lowest BCUT2D eigenvalue weighted by Gasteiger charge is -2.28. The van der Waals surface area contributed by atoms with Crippen molar-refractivity contribution in [3.05, 3.63) is 29.6 Å². The van der Waals surface area contributed by atoms with Gasteiger partial charge in [-0.3, -0.25) is 14.6 Å². The molecule has 0 radical (unpaired) electrons. The minimum atomic E-state index is -0.132. The molecule has 4 saturated carbocycles. The first kappa shape index (κ1) is 20.0. The highest BCUT2D eigenvalue weighted by Gasteiger charge is 2.43. The number of carbonyl (C=O) groups excluding carboxylic acids is 2. The van der Waals surface area contributed by atoms with Crippen LogP contribution < -0.4 is 10.6 Å². The molecule has 4 aliphatic rings. The second-order valence-corrected chi connectivity index (χ2v) is 10.6. The summed E-state index contributed by atoms with van der Waals surface area (Å²) in [4.78, 5) is 29.6. The van der Waals surface area contributed by atoms with E-state index in [0.29, 0.717) is 23.1 Å². The van der Waals surface area contributed by atoms with Crippen molar-refractivity contribution in [2.75, 3.05) is 0 Å². The third kappa shape index (κ3) is 3.76. The van der Waals surface area contributed by atoms with E-state index in [1.54, 1.807) is 18.3 Å². The van der Waals surface area contributed by atoms with E-state index in [1.807, 2.05) is 0 Å². The number of nitrogens with zero attached hydrogens (tertiary/aromatic N) is 1. The van der Waals surface area contributed by atoms with E-state index < -0.39 is 0 Å². The largest absolute Gasteiger partial charge is 0.349 e. The average Bonchev–Trinajstić information content (AvgIpc) is 3.55. The van der Waals surface area contributed by atoms with E-state index in [0.717, 1.165) is 23.7 Å². The third-order valence-electron chi connectivity index (χ3n) is 8.85. The first-order valence-corrected chi connectivity index (χ1v) is 12.1. The fraction of sp³-hybridized carbons (Fsp3) is 0.720. The summed E-state index contributed by atoms with van der Waals surface area (Å²) in [7, 11) is 0. The average molecular weight is 410 g/mol. The third-order valence-corrected chi connectivity index (χ3v) is 8.85. The van der Waals surface area contributed by atoms with Gasteiger partial charge in [-0.1, -0.05) is 12.8 Å². The van der Waals surface area contributed by atoms with Crippen LogP contribution in [0.3, 0.4) is 0 Å². The van der Waals surface area contributed by atoms with Gasteiger partial charge >= 0.3 is 0 Å². The normalized spacial score (nSPS) is 35.9. The van der Waals surface area contributed by atoms with Crippen molar-refractivity contribution in [2.45, 2.75) is 77.3 Å². The lowest BCUT2D eigenvalue weighted by Crippen LogP contribution is -2.41. The van der Waals surface area contributed by atoms with Gasteiger partial charge in [0.2, 0.25) is 0 Å². The predicted octanol–water partition coefficient (Wildman–Crippen LogP) is 4.19. The second-order valence-electron chi connectivity index (χ2n) is 10.6. The highest BCUT2D eigenvalue weighted by molar-refractivity contribution is 5.96. The molecule has 1 aromatic heterocycles. The molecule has 2 N–H and O–H groups in total. The van der Waals surface area contributed by atoms with Crippen LogP contribution in [0.4, 0.5) is 0 Å². The van der Waals surface area contributed by atoms with Gasteiger partial charge in [0.05, 0.1) is 5.56 Å². The monoisotopic (exact) mass is 409 g/mol. The standard InChI is InChI=1S/C25H35N3O2/c1-14(21-11-16-3-5-18(21)9-16)27-24(29)20-7-8-23(26-13-20)25(30)28-15(2)22-12-17-4-6-19(22)10-17/h7-8,13-19,21-22H,3-6,9-12H2,1-2H3,(H,27,29)(H,28,30)/t14-,15-,16+,17+,18+,19+,21-,22-/m0/s1. The van der Waals surface area contributed by atoms with Gasteiger partial charge in [-0.15, -0.1) is 0 Å². The Labute approximate surface area is 179 Å². The van der Waals surface area contributed by atoms with Crippen molar-refractivity contribution in [2.24, 2.45) is 35.5 Å².